The summed E-state index contributed by atoms with van der Waals surface area (Å²) >= 11 is 0. The zero-order valence-electron chi connectivity index (χ0n) is 16.3. The quantitative estimate of drug-likeness (QED) is 0.687. The van der Waals surface area contributed by atoms with Crippen molar-refractivity contribution >= 4 is 23.1 Å². The lowest BCUT2D eigenvalue weighted by Crippen LogP contribution is -2.35. The van der Waals surface area contributed by atoms with Crippen molar-refractivity contribution in [1.29, 1.82) is 0 Å². The van der Waals surface area contributed by atoms with E-state index in [-0.39, 0.29) is 23.4 Å². The summed E-state index contributed by atoms with van der Waals surface area (Å²) in [5, 5.41) is 15.6. The summed E-state index contributed by atoms with van der Waals surface area (Å²) < 4.78 is 0. The van der Waals surface area contributed by atoms with Crippen LogP contribution in [0.25, 0.3) is 0 Å². The van der Waals surface area contributed by atoms with E-state index in [2.05, 4.69) is 15.5 Å². The average molecular weight is 381 g/mol. The normalized spacial score (nSPS) is 17.4. The summed E-state index contributed by atoms with van der Waals surface area (Å²) in [5.74, 6) is -0.0623. The number of hydrogen-bond acceptors (Lipinski definition) is 5. The highest BCUT2D eigenvalue weighted by molar-refractivity contribution is 5.95. The topological polar surface area (TPSA) is 81.7 Å². The molecule has 3 rings (SSSR count). The Labute approximate surface area is 165 Å². The number of nitrogens with zero attached hydrogens (tertiary/aromatic N) is 1. The van der Waals surface area contributed by atoms with Crippen molar-refractivity contribution in [2.75, 3.05) is 29.9 Å². The molecule has 6 heteroatoms. The van der Waals surface area contributed by atoms with Crippen molar-refractivity contribution < 1.29 is 14.7 Å². The van der Waals surface area contributed by atoms with Crippen LogP contribution in [0.2, 0.25) is 0 Å². The molecule has 1 amide bonds. The van der Waals surface area contributed by atoms with Gasteiger partial charge in [-0.2, -0.15) is 0 Å². The second-order valence-corrected chi connectivity index (χ2v) is 7.36. The summed E-state index contributed by atoms with van der Waals surface area (Å²) in [5.41, 5.74) is 2.72. The van der Waals surface area contributed by atoms with Gasteiger partial charge in [0.2, 0.25) is 5.91 Å². The minimum atomic E-state index is -0.313. The van der Waals surface area contributed by atoms with Crippen LogP contribution in [0.1, 0.15) is 31.7 Å². The van der Waals surface area contributed by atoms with Crippen molar-refractivity contribution in [3.05, 3.63) is 54.1 Å². The molecule has 2 atom stereocenters. The fraction of sp³-hybridized carbons (Fsp3) is 0.364. The fourth-order valence-electron chi connectivity index (χ4n) is 3.37. The highest BCUT2D eigenvalue weighted by Crippen LogP contribution is 2.24. The van der Waals surface area contributed by atoms with Crippen LogP contribution in [0.3, 0.4) is 0 Å². The molecule has 2 aromatic carbocycles. The highest BCUT2D eigenvalue weighted by Gasteiger charge is 2.22. The number of nitrogens with one attached hydrogen (secondary N) is 2. The Balaban J connectivity index is 1.55. The molecule has 0 radical (unpaired) electrons. The second-order valence-electron chi connectivity index (χ2n) is 7.36. The first-order valence-electron chi connectivity index (χ1n) is 9.60. The van der Waals surface area contributed by atoms with Gasteiger partial charge in [-0.3, -0.25) is 9.59 Å². The van der Waals surface area contributed by atoms with Gasteiger partial charge >= 0.3 is 0 Å². The summed E-state index contributed by atoms with van der Waals surface area (Å²) in [6.07, 6.45) is 1.01. The highest BCUT2D eigenvalue weighted by atomic mass is 16.3. The fourth-order valence-corrected chi connectivity index (χ4v) is 3.37. The largest absolute Gasteiger partial charge is 0.508 e. The number of phenols is 1. The van der Waals surface area contributed by atoms with Gasteiger partial charge in [0, 0.05) is 30.5 Å². The standard InChI is InChI=1S/C22H27N3O3/c1-15(26)13-23-19-11-12-25(14-19)20-7-5-18(6-8-20)24-22(28)16(2)17-3-9-21(27)10-4-17/h3-10,16,19,23,27H,11-14H2,1-2H3,(H,24,28). The molecule has 1 saturated heterocycles. The van der Waals surface area contributed by atoms with Crippen LogP contribution in [0.5, 0.6) is 5.75 Å². The SMILES string of the molecule is CC(=O)CNC1CCN(c2ccc(NC(=O)C(C)c3ccc(O)cc3)cc2)C1. The molecule has 1 aliphatic heterocycles. The summed E-state index contributed by atoms with van der Waals surface area (Å²) in [6.45, 7) is 5.67. The number of phenolic OH excluding ortho intramolecular Hbond substituents is 1. The predicted molar refractivity (Wildman–Crippen MR) is 111 cm³/mol. The lowest BCUT2D eigenvalue weighted by atomic mass is 10.0. The number of rotatable bonds is 7. The van der Waals surface area contributed by atoms with Crippen LogP contribution in [-0.2, 0) is 9.59 Å². The zero-order chi connectivity index (χ0) is 20.1. The van der Waals surface area contributed by atoms with Gasteiger partial charge in [0.05, 0.1) is 12.5 Å². The molecule has 0 aliphatic carbocycles. The number of carbonyl (C=O) groups excluding carboxylic acids is 2. The third kappa shape index (κ3) is 5.10. The third-order valence-electron chi connectivity index (χ3n) is 5.11. The van der Waals surface area contributed by atoms with Crippen LogP contribution in [-0.4, -0.2) is 42.5 Å². The van der Waals surface area contributed by atoms with Gasteiger partial charge in [0.15, 0.2) is 0 Å². The number of benzene rings is 2. The van der Waals surface area contributed by atoms with E-state index >= 15 is 0 Å². The van der Waals surface area contributed by atoms with E-state index in [1.165, 1.54) is 0 Å². The minimum absolute atomic E-state index is 0.0897. The predicted octanol–water partition coefficient (Wildman–Crippen LogP) is 2.89. The molecule has 3 N–H and O–H groups in total. The first kappa shape index (κ1) is 19.9. The Morgan fingerprint density at radius 2 is 1.82 bits per heavy atom. The lowest BCUT2D eigenvalue weighted by Gasteiger charge is -2.20. The van der Waals surface area contributed by atoms with Gasteiger partial charge in [-0.1, -0.05) is 12.1 Å². The Morgan fingerprint density at radius 1 is 1.14 bits per heavy atom. The van der Waals surface area contributed by atoms with Gasteiger partial charge in [-0.05, 0) is 62.2 Å². The monoisotopic (exact) mass is 381 g/mol. The Bertz CT molecular complexity index is 818. The zero-order valence-corrected chi connectivity index (χ0v) is 16.3. The van der Waals surface area contributed by atoms with Crippen molar-refractivity contribution in [1.82, 2.24) is 5.32 Å². The van der Waals surface area contributed by atoms with Gasteiger partial charge in [0.1, 0.15) is 11.5 Å². The third-order valence-corrected chi connectivity index (χ3v) is 5.11. The maximum absolute atomic E-state index is 12.5. The maximum atomic E-state index is 12.5. The molecule has 2 aromatic rings. The van der Waals surface area contributed by atoms with Gasteiger partial charge in [-0.15, -0.1) is 0 Å². The van der Waals surface area contributed by atoms with Crippen LogP contribution < -0.4 is 15.5 Å². The Kier molecular flexibility index (Phi) is 6.31. The maximum Gasteiger partial charge on any atom is 0.231 e. The minimum Gasteiger partial charge on any atom is -0.508 e. The molecule has 1 aliphatic rings. The number of amides is 1. The number of carbonyl (C=O) groups is 2. The van der Waals surface area contributed by atoms with E-state index in [9.17, 15) is 14.7 Å². The van der Waals surface area contributed by atoms with Gasteiger partial charge < -0.3 is 20.6 Å². The number of anilines is 2. The van der Waals surface area contributed by atoms with E-state index in [0.29, 0.717) is 12.6 Å². The summed E-state index contributed by atoms with van der Waals surface area (Å²) in [6, 6.07) is 14.8. The molecule has 0 saturated carbocycles. The van der Waals surface area contributed by atoms with E-state index in [0.717, 1.165) is 36.4 Å². The van der Waals surface area contributed by atoms with Crippen LogP contribution in [0, 0.1) is 0 Å². The Morgan fingerprint density at radius 3 is 2.46 bits per heavy atom. The number of ketones is 1. The van der Waals surface area contributed by atoms with Crippen LogP contribution >= 0.6 is 0 Å². The smallest absolute Gasteiger partial charge is 0.231 e. The molecular weight excluding hydrogens is 354 g/mol. The number of hydrogen-bond donors (Lipinski definition) is 3. The average Bonchev–Trinajstić information content (AvgIpc) is 3.16. The van der Waals surface area contributed by atoms with E-state index < -0.39 is 0 Å². The molecule has 148 valence electrons. The molecule has 0 aromatic heterocycles. The number of aromatic hydroxyl groups is 1. The van der Waals surface area contributed by atoms with Crippen LogP contribution in [0.15, 0.2) is 48.5 Å². The van der Waals surface area contributed by atoms with Gasteiger partial charge in [-0.25, -0.2) is 0 Å². The molecule has 1 heterocycles. The molecule has 28 heavy (non-hydrogen) atoms. The Hall–Kier alpha value is -2.86. The van der Waals surface area contributed by atoms with Crippen molar-refractivity contribution in [3.8, 4) is 5.75 Å². The van der Waals surface area contributed by atoms with Crippen molar-refractivity contribution in [2.24, 2.45) is 0 Å². The number of Topliss-reactive ketones (excluding diaryl/α,β-unsaturated/α-hetero) is 1. The molecule has 1 fully saturated rings. The van der Waals surface area contributed by atoms with Gasteiger partial charge in [0.25, 0.3) is 0 Å². The van der Waals surface area contributed by atoms with Crippen LogP contribution in [0.4, 0.5) is 11.4 Å². The first-order valence-corrected chi connectivity index (χ1v) is 9.60. The van der Waals surface area contributed by atoms with Crippen molar-refractivity contribution in [3.63, 3.8) is 0 Å². The molecule has 0 bridgehead atoms. The second kappa shape index (κ2) is 8.89. The molecule has 2 unspecified atom stereocenters. The van der Waals surface area contributed by atoms with E-state index in [4.69, 9.17) is 0 Å². The first-order chi connectivity index (χ1) is 13.4. The molecular formula is C22H27N3O3. The van der Waals surface area contributed by atoms with E-state index in [1.807, 2.05) is 31.2 Å². The molecule has 6 nitrogen and oxygen atoms in total. The summed E-state index contributed by atoms with van der Waals surface area (Å²) in [4.78, 5) is 25.9. The van der Waals surface area contributed by atoms with E-state index in [1.54, 1.807) is 31.2 Å². The summed E-state index contributed by atoms with van der Waals surface area (Å²) in [7, 11) is 0. The lowest BCUT2D eigenvalue weighted by molar-refractivity contribution is -0.117. The van der Waals surface area contributed by atoms with Crippen molar-refractivity contribution in [2.45, 2.75) is 32.2 Å². The molecule has 0 spiro atoms.